The van der Waals surface area contributed by atoms with Gasteiger partial charge in [0.05, 0.1) is 0 Å². The van der Waals surface area contributed by atoms with Crippen molar-refractivity contribution in [3.05, 3.63) is 35.4 Å². The first-order valence-corrected chi connectivity index (χ1v) is 8.05. The molecule has 1 aliphatic carbocycles. The van der Waals surface area contributed by atoms with Crippen molar-refractivity contribution < 1.29 is 9.90 Å². The van der Waals surface area contributed by atoms with Crippen LogP contribution in [-0.4, -0.2) is 35.4 Å². The van der Waals surface area contributed by atoms with Gasteiger partial charge in [0.15, 0.2) is 0 Å². The highest BCUT2D eigenvalue weighted by Crippen LogP contribution is 2.54. The Balaban J connectivity index is 1.89. The molecule has 0 radical (unpaired) electrons. The number of amides is 1. The maximum Gasteiger partial charge on any atom is 0.407 e. The van der Waals surface area contributed by atoms with Gasteiger partial charge in [0.25, 0.3) is 0 Å². The normalized spacial score (nSPS) is 24.5. The lowest BCUT2D eigenvalue weighted by Gasteiger charge is -2.39. The number of carboxylic acid groups (broad SMARTS) is 1. The number of piperidine rings is 1. The lowest BCUT2D eigenvalue weighted by atomic mass is 9.74. The van der Waals surface area contributed by atoms with Crippen LogP contribution in [0.5, 0.6) is 0 Å². The Morgan fingerprint density at radius 3 is 2.68 bits per heavy atom. The molecule has 1 fully saturated rings. The quantitative estimate of drug-likeness (QED) is 0.854. The van der Waals surface area contributed by atoms with Gasteiger partial charge in [-0.2, -0.15) is 11.8 Å². The summed E-state index contributed by atoms with van der Waals surface area (Å²) in [6, 6.07) is 8.73. The minimum absolute atomic E-state index is 0.218. The number of hydrogen-bond donors (Lipinski definition) is 1. The summed E-state index contributed by atoms with van der Waals surface area (Å²) >= 11 is 1.92. The number of hydrogen-bond acceptors (Lipinski definition) is 2. The van der Waals surface area contributed by atoms with Gasteiger partial charge in [0.1, 0.15) is 0 Å². The van der Waals surface area contributed by atoms with E-state index in [4.69, 9.17) is 5.11 Å². The second kappa shape index (κ2) is 4.75. The minimum atomic E-state index is -0.775. The van der Waals surface area contributed by atoms with Gasteiger partial charge < -0.3 is 10.0 Å². The number of rotatable bonds is 1. The first kappa shape index (κ1) is 12.9. The number of likely N-dealkylation sites (tertiary alicyclic amines) is 1. The summed E-state index contributed by atoms with van der Waals surface area (Å²) in [6.07, 6.45) is 4.50. The Morgan fingerprint density at radius 2 is 2.05 bits per heavy atom. The maximum absolute atomic E-state index is 11.0. The maximum atomic E-state index is 11.0. The first-order chi connectivity index (χ1) is 9.16. The summed E-state index contributed by atoms with van der Waals surface area (Å²) in [5.74, 6) is 0. The molecule has 3 rings (SSSR count). The predicted molar refractivity (Wildman–Crippen MR) is 77.8 cm³/mol. The van der Waals surface area contributed by atoms with Gasteiger partial charge in [0.2, 0.25) is 0 Å². The number of fused-ring (bicyclic) bond motifs is 2. The molecule has 1 aromatic carbocycles. The molecule has 1 spiro atoms. The van der Waals surface area contributed by atoms with Gasteiger partial charge in [0, 0.05) is 23.8 Å². The molecule has 1 aromatic rings. The fourth-order valence-electron chi connectivity index (χ4n) is 3.65. The van der Waals surface area contributed by atoms with Gasteiger partial charge in [-0.25, -0.2) is 4.79 Å². The molecule has 1 unspecified atom stereocenters. The third-order valence-corrected chi connectivity index (χ3v) is 5.72. The lowest BCUT2D eigenvalue weighted by Crippen LogP contribution is -2.43. The number of nitrogens with zero attached hydrogens (tertiary/aromatic N) is 1. The van der Waals surface area contributed by atoms with Crippen molar-refractivity contribution in [2.75, 3.05) is 19.3 Å². The van der Waals surface area contributed by atoms with E-state index in [9.17, 15) is 4.79 Å². The van der Waals surface area contributed by atoms with E-state index in [0.29, 0.717) is 18.3 Å². The minimum Gasteiger partial charge on any atom is -0.465 e. The van der Waals surface area contributed by atoms with E-state index >= 15 is 0 Å². The van der Waals surface area contributed by atoms with Gasteiger partial charge in [-0.15, -0.1) is 0 Å². The molecule has 0 aromatic heterocycles. The Morgan fingerprint density at radius 1 is 1.37 bits per heavy atom. The van der Waals surface area contributed by atoms with Gasteiger partial charge in [-0.05, 0) is 36.6 Å². The Bertz CT molecular complexity index is 495. The van der Waals surface area contributed by atoms with Crippen LogP contribution in [0.1, 0.15) is 35.6 Å². The van der Waals surface area contributed by atoms with Crippen LogP contribution < -0.4 is 0 Å². The van der Waals surface area contributed by atoms with Crippen LogP contribution in [0.2, 0.25) is 0 Å². The summed E-state index contributed by atoms with van der Waals surface area (Å²) in [7, 11) is 0. The third kappa shape index (κ3) is 2.02. The topological polar surface area (TPSA) is 40.5 Å². The fourth-order valence-corrected chi connectivity index (χ4v) is 4.59. The second-order valence-corrected chi connectivity index (χ2v) is 6.61. The smallest absolute Gasteiger partial charge is 0.407 e. The van der Waals surface area contributed by atoms with Gasteiger partial charge in [-0.1, -0.05) is 24.3 Å². The van der Waals surface area contributed by atoms with E-state index in [0.717, 1.165) is 12.8 Å². The zero-order valence-electron chi connectivity index (χ0n) is 11.1. The molecule has 1 amide bonds. The van der Waals surface area contributed by atoms with E-state index < -0.39 is 6.09 Å². The molecule has 1 saturated heterocycles. The molecule has 1 aliphatic heterocycles. The average molecular weight is 277 g/mol. The summed E-state index contributed by atoms with van der Waals surface area (Å²) in [5, 5.41) is 9.66. The van der Waals surface area contributed by atoms with E-state index in [2.05, 4.69) is 30.5 Å². The summed E-state index contributed by atoms with van der Waals surface area (Å²) in [6.45, 7) is 1.34. The van der Waals surface area contributed by atoms with E-state index in [1.165, 1.54) is 17.5 Å². The van der Waals surface area contributed by atoms with Gasteiger partial charge >= 0.3 is 6.09 Å². The van der Waals surface area contributed by atoms with Crippen LogP contribution in [0.25, 0.3) is 0 Å². The predicted octanol–water partition coefficient (Wildman–Crippen LogP) is 3.51. The third-order valence-electron chi connectivity index (χ3n) is 4.73. The van der Waals surface area contributed by atoms with Crippen LogP contribution in [0.3, 0.4) is 0 Å². The van der Waals surface area contributed by atoms with Crippen LogP contribution in [0.4, 0.5) is 4.79 Å². The highest BCUT2D eigenvalue weighted by Gasteiger charge is 2.45. The van der Waals surface area contributed by atoms with Crippen molar-refractivity contribution in [1.82, 2.24) is 4.90 Å². The number of thioether (sulfide) groups is 1. The average Bonchev–Trinajstić information content (AvgIpc) is 2.74. The molecule has 4 heteroatoms. The lowest BCUT2D eigenvalue weighted by molar-refractivity contribution is 0.116. The van der Waals surface area contributed by atoms with Crippen molar-refractivity contribution in [3.8, 4) is 0 Å². The molecule has 1 heterocycles. The van der Waals surface area contributed by atoms with Crippen molar-refractivity contribution in [1.29, 1.82) is 0 Å². The molecule has 19 heavy (non-hydrogen) atoms. The van der Waals surface area contributed by atoms with E-state index in [1.807, 2.05) is 11.8 Å². The standard InChI is InChI=1S/C15H19NO2S/c1-19-13-10-15(12-5-3-2-4-11(12)13)6-8-16(9-7-15)14(17)18/h2-5,13H,6-10H2,1H3,(H,17,18). The molecule has 2 aliphatic rings. The molecular weight excluding hydrogens is 258 g/mol. The molecular formula is C15H19NO2S. The SMILES string of the molecule is CSC1CC2(CCN(C(=O)O)CC2)c2ccccc21. The van der Waals surface area contributed by atoms with Crippen molar-refractivity contribution in [3.63, 3.8) is 0 Å². The summed E-state index contributed by atoms with van der Waals surface area (Å²) < 4.78 is 0. The molecule has 0 bridgehead atoms. The zero-order chi connectivity index (χ0) is 13.5. The Kier molecular flexibility index (Phi) is 3.21. The zero-order valence-corrected chi connectivity index (χ0v) is 11.9. The Hall–Kier alpha value is -1.16. The van der Waals surface area contributed by atoms with Crippen LogP contribution in [0.15, 0.2) is 24.3 Å². The molecule has 1 N–H and O–H groups in total. The molecule has 3 nitrogen and oxygen atoms in total. The Labute approximate surface area is 118 Å². The highest BCUT2D eigenvalue weighted by atomic mass is 32.2. The largest absolute Gasteiger partial charge is 0.465 e. The van der Waals surface area contributed by atoms with Crippen LogP contribution in [-0.2, 0) is 5.41 Å². The van der Waals surface area contributed by atoms with Crippen LogP contribution >= 0.6 is 11.8 Å². The first-order valence-electron chi connectivity index (χ1n) is 6.76. The second-order valence-electron chi connectivity index (χ2n) is 5.57. The van der Waals surface area contributed by atoms with E-state index in [1.54, 1.807) is 4.90 Å². The summed E-state index contributed by atoms with van der Waals surface area (Å²) in [5.41, 5.74) is 3.16. The highest BCUT2D eigenvalue weighted by molar-refractivity contribution is 7.98. The molecule has 0 saturated carbocycles. The molecule has 102 valence electrons. The number of carbonyl (C=O) groups is 1. The number of benzene rings is 1. The van der Waals surface area contributed by atoms with E-state index in [-0.39, 0.29) is 5.41 Å². The van der Waals surface area contributed by atoms with Crippen molar-refractivity contribution in [2.45, 2.75) is 29.9 Å². The summed E-state index contributed by atoms with van der Waals surface area (Å²) in [4.78, 5) is 12.6. The van der Waals surface area contributed by atoms with Gasteiger partial charge in [-0.3, -0.25) is 0 Å². The van der Waals surface area contributed by atoms with Crippen molar-refractivity contribution in [2.24, 2.45) is 0 Å². The molecule has 1 atom stereocenters. The van der Waals surface area contributed by atoms with Crippen LogP contribution in [0, 0.1) is 0 Å². The van der Waals surface area contributed by atoms with Crippen molar-refractivity contribution >= 4 is 17.9 Å². The fraction of sp³-hybridized carbons (Fsp3) is 0.533. The monoisotopic (exact) mass is 277 g/mol.